The molecule has 0 atom stereocenters. The van der Waals surface area contributed by atoms with Crippen LogP contribution in [0.2, 0.25) is 0 Å². The standard InChI is InChI=1S/C15H24N2O/c1-15(2,3)11-17(4)14(18)13-7-5-6-12(10-13)8-9-16/h5-7,10H,8-9,11,16H2,1-4H3. The molecule has 0 aromatic heterocycles. The molecule has 3 heteroatoms. The van der Waals surface area contributed by atoms with E-state index in [1.165, 1.54) is 0 Å². The van der Waals surface area contributed by atoms with E-state index in [1.807, 2.05) is 31.3 Å². The molecule has 0 aliphatic rings. The summed E-state index contributed by atoms with van der Waals surface area (Å²) in [7, 11) is 1.85. The third kappa shape index (κ3) is 4.49. The van der Waals surface area contributed by atoms with Gasteiger partial charge in [0.1, 0.15) is 0 Å². The zero-order valence-electron chi connectivity index (χ0n) is 11.9. The van der Waals surface area contributed by atoms with Crippen LogP contribution in [0.15, 0.2) is 24.3 Å². The average molecular weight is 248 g/mol. The van der Waals surface area contributed by atoms with Crippen LogP contribution in [-0.2, 0) is 6.42 Å². The predicted molar refractivity (Wildman–Crippen MR) is 75.6 cm³/mol. The number of nitrogens with two attached hydrogens (primary N) is 1. The highest BCUT2D eigenvalue weighted by Crippen LogP contribution is 2.16. The van der Waals surface area contributed by atoms with Crippen molar-refractivity contribution < 1.29 is 4.79 Å². The van der Waals surface area contributed by atoms with E-state index in [0.717, 1.165) is 24.1 Å². The van der Waals surface area contributed by atoms with Crippen LogP contribution in [0.3, 0.4) is 0 Å². The maximum Gasteiger partial charge on any atom is 0.253 e. The maximum absolute atomic E-state index is 12.3. The van der Waals surface area contributed by atoms with Crippen LogP contribution in [0.5, 0.6) is 0 Å². The van der Waals surface area contributed by atoms with E-state index >= 15 is 0 Å². The van der Waals surface area contributed by atoms with Crippen molar-refractivity contribution in [3.8, 4) is 0 Å². The molecule has 1 aromatic carbocycles. The van der Waals surface area contributed by atoms with E-state index in [2.05, 4.69) is 20.8 Å². The van der Waals surface area contributed by atoms with E-state index in [4.69, 9.17) is 5.73 Å². The highest BCUT2D eigenvalue weighted by atomic mass is 16.2. The number of amides is 1. The Hall–Kier alpha value is -1.35. The second-order valence-electron chi connectivity index (χ2n) is 5.96. The zero-order valence-corrected chi connectivity index (χ0v) is 11.9. The monoisotopic (exact) mass is 248 g/mol. The number of carbonyl (C=O) groups excluding carboxylic acids is 1. The summed E-state index contributed by atoms with van der Waals surface area (Å²) in [4.78, 5) is 14.1. The first-order valence-electron chi connectivity index (χ1n) is 6.38. The molecular formula is C15H24N2O. The molecule has 1 aromatic rings. The lowest BCUT2D eigenvalue weighted by Gasteiger charge is -2.26. The number of benzene rings is 1. The van der Waals surface area contributed by atoms with Gasteiger partial charge in [-0.3, -0.25) is 4.79 Å². The summed E-state index contributed by atoms with van der Waals surface area (Å²) in [6.45, 7) is 7.73. The molecule has 0 bridgehead atoms. The smallest absolute Gasteiger partial charge is 0.253 e. The van der Waals surface area contributed by atoms with Gasteiger partial charge in [0.05, 0.1) is 0 Å². The number of nitrogens with zero attached hydrogens (tertiary/aromatic N) is 1. The third-order valence-corrected chi connectivity index (χ3v) is 2.67. The predicted octanol–water partition coefficient (Wildman–Crippen LogP) is 2.31. The molecular weight excluding hydrogens is 224 g/mol. The Labute approximate surface area is 110 Å². The van der Waals surface area contributed by atoms with E-state index in [9.17, 15) is 4.79 Å². The van der Waals surface area contributed by atoms with Gasteiger partial charge in [0.2, 0.25) is 0 Å². The normalized spacial score (nSPS) is 11.4. The Morgan fingerprint density at radius 2 is 2.00 bits per heavy atom. The molecule has 18 heavy (non-hydrogen) atoms. The van der Waals surface area contributed by atoms with Crippen molar-refractivity contribution in [1.82, 2.24) is 4.90 Å². The van der Waals surface area contributed by atoms with Crippen LogP contribution in [0.25, 0.3) is 0 Å². The lowest BCUT2D eigenvalue weighted by molar-refractivity contribution is 0.0745. The van der Waals surface area contributed by atoms with Gasteiger partial charge in [0.25, 0.3) is 5.91 Å². The Morgan fingerprint density at radius 1 is 1.33 bits per heavy atom. The van der Waals surface area contributed by atoms with Gasteiger partial charge in [-0.1, -0.05) is 32.9 Å². The van der Waals surface area contributed by atoms with Crippen LogP contribution in [0.4, 0.5) is 0 Å². The Morgan fingerprint density at radius 3 is 2.56 bits per heavy atom. The van der Waals surface area contributed by atoms with E-state index in [1.54, 1.807) is 4.90 Å². The van der Waals surface area contributed by atoms with Gasteiger partial charge in [-0.25, -0.2) is 0 Å². The summed E-state index contributed by atoms with van der Waals surface area (Å²) in [5.74, 6) is 0.0730. The molecule has 0 radical (unpaired) electrons. The van der Waals surface area contributed by atoms with Crippen molar-refractivity contribution in [3.05, 3.63) is 35.4 Å². The van der Waals surface area contributed by atoms with Crippen molar-refractivity contribution >= 4 is 5.91 Å². The van der Waals surface area contributed by atoms with Gasteiger partial charge in [-0.05, 0) is 36.1 Å². The topological polar surface area (TPSA) is 46.3 Å². The first-order valence-corrected chi connectivity index (χ1v) is 6.38. The largest absolute Gasteiger partial charge is 0.341 e. The summed E-state index contributed by atoms with van der Waals surface area (Å²) in [6.07, 6.45) is 0.810. The molecule has 100 valence electrons. The van der Waals surface area contributed by atoms with Gasteiger partial charge < -0.3 is 10.6 Å². The zero-order chi connectivity index (χ0) is 13.8. The molecule has 0 heterocycles. The fourth-order valence-corrected chi connectivity index (χ4v) is 2.03. The molecule has 1 rings (SSSR count). The lowest BCUT2D eigenvalue weighted by atomic mass is 9.96. The number of hydrogen-bond acceptors (Lipinski definition) is 2. The summed E-state index contributed by atoms with van der Waals surface area (Å²) >= 11 is 0. The number of rotatable bonds is 4. The minimum Gasteiger partial charge on any atom is -0.341 e. The average Bonchev–Trinajstić information content (AvgIpc) is 2.26. The van der Waals surface area contributed by atoms with Crippen LogP contribution < -0.4 is 5.73 Å². The fourth-order valence-electron chi connectivity index (χ4n) is 2.03. The van der Waals surface area contributed by atoms with Crippen molar-refractivity contribution in [2.75, 3.05) is 20.1 Å². The molecule has 1 amide bonds. The molecule has 0 spiro atoms. The van der Waals surface area contributed by atoms with E-state index in [0.29, 0.717) is 6.54 Å². The lowest BCUT2D eigenvalue weighted by Crippen LogP contribution is -2.34. The Balaban J connectivity index is 2.80. The molecule has 3 nitrogen and oxygen atoms in total. The van der Waals surface area contributed by atoms with Crippen LogP contribution in [0, 0.1) is 5.41 Å². The number of carbonyl (C=O) groups is 1. The van der Waals surface area contributed by atoms with E-state index in [-0.39, 0.29) is 11.3 Å². The molecule has 0 saturated heterocycles. The number of hydrogen-bond donors (Lipinski definition) is 1. The highest BCUT2D eigenvalue weighted by molar-refractivity contribution is 5.94. The third-order valence-electron chi connectivity index (χ3n) is 2.67. The van der Waals surface area contributed by atoms with Gasteiger partial charge in [-0.2, -0.15) is 0 Å². The molecule has 0 saturated carbocycles. The Kier molecular flexibility index (Phi) is 4.91. The first-order chi connectivity index (χ1) is 8.33. The first kappa shape index (κ1) is 14.7. The van der Waals surface area contributed by atoms with Crippen LogP contribution >= 0.6 is 0 Å². The van der Waals surface area contributed by atoms with Gasteiger partial charge in [0, 0.05) is 19.2 Å². The Bertz CT molecular complexity index is 407. The fraction of sp³-hybridized carbons (Fsp3) is 0.533. The van der Waals surface area contributed by atoms with Crippen molar-refractivity contribution in [1.29, 1.82) is 0 Å². The SMILES string of the molecule is CN(CC(C)(C)C)C(=O)c1cccc(CCN)c1. The maximum atomic E-state index is 12.3. The highest BCUT2D eigenvalue weighted by Gasteiger charge is 2.18. The summed E-state index contributed by atoms with van der Waals surface area (Å²) in [5.41, 5.74) is 7.51. The minimum absolute atomic E-state index is 0.0730. The second kappa shape index (κ2) is 6.01. The molecule has 0 unspecified atom stereocenters. The van der Waals surface area contributed by atoms with Crippen LogP contribution in [0.1, 0.15) is 36.7 Å². The molecule has 2 N–H and O–H groups in total. The van der Waals surface area contributed by atoms with E-state index < -0.39 is 0 Å². The second-order valence-corrected chi connectivity index (χ2v) is 5.96. The van der Waals surface area contributed by atoms with Gasteiger partial charge in [0.15, 0.2) is 0 Å². The summed E-state index contributed by atoms with van der Waals surface area (Å²) in [6, 6.07) is 7.73. The minimum atomic E-state index is 0.0730. The summed E-state index contributed by atoms with van der Waals surface area (Å²) < 4.78 is 0. The van der Waals surface area contributed by atoms with Gasteiger partial charge in [-0.15, -0.1) is 0 Å². The molecule has 0 aliphatic heterocycles. The summed E-state index contributed by atoms with van der Waals surface area (Å²) in [5, 5.41) is 0. The quantitative estimate of drug-likeness (QED) is 0.888. The molecule has 0 fully saturated rings. The van der Waals surface area contributed by atoms with Crippen molar-refractivity contribution in [3.63, 3.8) is 0 Å². The van der Waals surface area contributed by atoms with Crippen molar-refractivity contribution in [2.45, 2.75) is 27.2 Å². The van der Waals surface area contributed by atoms with Crippen LogP contribution in [-0.4, -0.2) is 30.9 Å². The van der Waals surface area contributed by atoms with Gasteiger partial charge >= 0.3 is 0 Å². The van der Waals surface area contributed by atoms with Crippen molar-refractivity contribution in [2.24, 2.45) is 11.1 Å². The molecule has 0 aliphatic carbocycles.